The van der Waals surface area contributed by atoms with E-state index in [2.05, 4.69) is 5.16 Å². The van der Waals surface area contributed by atoms with Gasteiger partial charge in [0, 0.05) is 17.3 Å². The fourth-order valence-corrected chi connectivity index (χ4v) is 1.27. The van der Waals surface area contributed by atoms with Crippen molar-refractivity contribution in [2.75, 3.05) is 0 Å². The first-order valence-corrected chi connectivity index (χ1v) is 4.34. The normalized spacial score (nSPS) is 10.1. The predicted octanol–water partition coefficient (Wildman–Crippen LogP) is 2.73. The van der Waals surface area contributed by atoms with E-state index in [9.17, 15) is 0 Å². The van der Waals surface area contributed by atoms with Crippen LogP contribution < -0.4 is 0 Å². The molecule has 0 radical (unpaired) electrons. The van der Waals surface area contributed by atoms with Crippen molar-refractivity contribution in [1.82, 2.24) is 5.16 Å². The first-order valence-electron chi connectivity index (χ1n) is 4.34. The Balaban J connectivity index is 2.46. The second kappa shape index (κ2) is 3.46. The van der Waals surface area contributed by atoms with E-state index >= 15 is 0 Å². The first-order chi connectivity index (χ1) is 6.77. The zero-order valence-corrected chi connectivity index (χ0v) is 7.82. The molecule has 2 aromatic rings. The molecular weight excluding hydrogens is 176 g/mol. The van der Waals surface area contributed by atoms with Gasteiger partial charge in [-0.1, -0.05) is 23.4 Å². The maximum absolute atomic E-state index is 7.51. The van der Waals surface area contributed by atoms with Crippen LogP contribution in [0, 0.1) is 5.41 Å². The van der Waals surface area contributed by atoms with Crippen LogP contribution in [0.3, 0.4) is 0 Å². The molecule has 0 spiro atoms. The van der Waals surface area contributed by atoms with Gasteiger partial charge < -0.3 is 9.93 Å². The van der Waals surface area contributed by atoms with Crippen molar-refractivity contribution in [2.45, 2.75) is 6.92 Å². The SMILES string of the molecule is CC(=N)c1cccc(-c2ccon2)c1. The van der Waals surface area contributed by atoms with Crippen LogP contribution in [-0.2, 0) is 0 Å². The van der Waals surface area contributed by atoms with Gasteiger partial charge in [0.2, 0.25) is 0 Å². The molecule has 0 atom stereocenters. The molecule has 3 heteroatoms. The molecule has 0 saturated carbocycles. The molecule has 0 aliphatic rings. The lowest BCUT2D eigenvalue weighted by Gasteiger charge is -2.00. The van der Waals surface area contributed by atoms with Gasteiger partial charge in [-0.3, -0.25) is 0 Å². The van der Waals surface area contributed by atoms with Crippen LogP contribution in [-0.4, -0.2) is 10.9 Å². The molecule has 3 nitrogen and oxygen atoms in total. The van der Waals surface area contributed by atoms with Gasteiger partial charge in [-0.05, 0) is 18.6 Å². The van der Waals surface area contributed by atoms with Crippen LogP contribution in [0.2, 0.25) is 0 Å². The van der Waals surface area contributed by atoms with Gasteiger partial charge in [-0.2, -0.15) is 0 Å². The molecule has 70 valence electrons. The summed E-state index contributed by atoms with van der Waals surface area (Å²) in [4.78, 5) is 0. The lowest BCUT2D eigenvalue weighted by atomic mass is 10.1. The zero-order valence-electron chi connectivity index (χ0n) is 7.82. The fraction of sp³-hybridized carbons (Fsp3) is 0.0909. The minimum atomic E-state index is 0.551. The van der Waals surface area contributed by atoms with Crippen molar-refractivity contribution in [3.05, 3.63) is 42.2 Å². The molecule has 0 aliphatic carbocycles. The third kappa shape index (κ3) is 1.57. The summed E-state index contributed by atoms with van der Waals surface area (Å²) in [5, 5.41) is 11.4. The van der Waals surface area contributed by atoms with Crippen molar-refractivity contribution >= 4 is 5.71 Å². The van der Waals surface area contributed by atoms with Gasteiger partial charge in [0.05, 0.1) is 0 Å². The molecule has 0 bridgehead atoms. The monoisotopic (exact) mass is 186 g/mol. The van der Waals surface area contributed by atoms with Crippen molar-refractivity contribution in [3.8, 4) is 11.3 Å². The van der Waals surface area contributed by atoms with Crippen LogP contribution in [0.4, 0.5) is 0 Å². The van der Waals surface area contributed by atoms with Crippen LogP contribution >= 0.6 is 0 Å². The van der Waals surface area contributed by atoms with Gasteiger partial charge in [0.1, 0.15) is 12.0 Å². The summed E-state index contributed by atoms with van der Waals surface area (Å²) in [6.45, 7) is 1.77. The number of aromatic nitrogens is 1. The van der Waals surface area contributed by atoms with Gasteiger partial charge in [-0.15, -0.1) is 0 Å². The summed E-state index contributed by atoms with van der Waals surface area (Å²) in [6.07, 6.45) is 1.54. The summed E-state index contributed by atoms with van der Waals surface area (Å²) in [6, 6.07) is 9.51. The molecule has 1 N–H and O–H groups in total. The molecule has 0 fully saturated rings. The Morgan fingerprint density at radius 2 is 2.21 bits per heavy atom. The third-order valence-electron chi connectivity index (χ3n) is 2.03. The number of hydrogen-bond acceptors (Lipinski definition) is 3. The summed E-state index contributed by atoms with van der Waals surface area (Å²) in [5.74, 6) is 0. The number of nitrogens with zero attached hydrogens (tertiary/aromatic N) is 1. The number of rotatable bonds is 2. The summed E-state index contributed by atoms with van der Waals surface area (Å²) in [5.41, 5.74) is 3.23. The molecule has 0 unspecified atom stereocenters. The lowest BCUT2D eigenvalue weighted by molar-refractivity contribution is 0.422. The topological polar surface area (TPSA) is 49.9 Å². The Bertz CT molecular complexity index is 446. The third-order valence-corrected chi connectivity index (χ3v) is 2.03. The maximum Gasteiger partial charge on any atom is 0.124 e. The van der Waals surface area contributed by atoms with Crippen LogP contribution in [0.15, 0.2) is 41.1 Å². The Labute approximate surface area is 81.9 Å². The van der Waals surface area contributed by atoms with Gasteiger partial charge in [0.15, 0.2) is 0 Å². The quantitative estimate of drug-likeness (QED) is 0.733. The average Bonchev–Trinajstić information content (AvgIpc) is 2.71. The summed E-state index contributed by atoms with van der Waals surface area (Å²) >= 11 is 0. The van der Waals surface area contributed by atoms with Gasteiger partial charge in [0.25, 0.3) is 0 Å². The highest BCUT2D eigenvalue weighted by molar-refractivity contribution is 5.97. The Hall–Kier alpha value is -1.90. The van der Waals surface area contributed by atoms with Crippen LogP contribution in [0.5, 0.6) is 0 Å². The van der Waals surface area contributed by atoms with Crippen LogP contribution in [0.25, 0.3) is 11.3 Å². The Morgan fingerprint density at radius 1 is 1.36 bits per heavy atom. The zero-order chi connectivity index (χ0) is 9.97. The van der Waals surface area contributed by atoms with E-state index < -0.39 is 0 Å². The largest absolute Gasteiger partial charge is 0.364 e. The van der Waals surface area contributed by atoms with E-state index in [0.29, 0.717) is 5.71 Å². The number of hydrogen-bond donors (Lipinski definition) is 1. The van der Waals surface area contributed by atoms with Gasteiger partial charge >= 0.3 is 0 Å². The second-order valence-electron chi connectivity index (χ2n) is 3.09. The maximum atomic E-state index is 7.51. The first kappa shape index (κ1) is 8.69. The van der Waals surface area contributed by atoms with E-state index in [1.165, 1.54) is 0 Å². The number of nitrogens with one attached hydrogen (secondary N) is 1. The number of benzene rings is 1. The molecule has 1 aromatic carbocycles. The molecular formula is C11H10N2O. The van der Waals surface area contributed by atoms with Crippen LogP contribution in [0.1, 0.15) is 12.5 Å². The van der Waals surface area contributed by atoms with E-state index in [0.717, 1.165) is 16.8 Å². The van der Waals surface area contributed by atoms with E-state index in [1.54, 1.807) is 19.3 Å². The standard InChI is InChI=1S/C11H10N2O/c1-8(12)9-3-2-4-10(7-9)11-5-6-14-13-11/h2-7,12H,1H3. The lowest BCUT2D eigenvalue weighted by Crippen LogP contribution is -1.91. The highest BCUT2D eigenvalue weighted by atomic mass is 16.5. The molecule has 2 rings (SSSR count). The Kier molecular flexibility index (Phi) is 2.14. The van der Waals surface area contributed by atoms with E-state index in [4.69, 9.17) is 9.93 Å². The minimum absolute atomic E-state index is 0.551. The molecule has 1 heterocycles. The second-order valence-corrected chi connectivity index (χ2v) is 3.09. The molecule has 0 saturated heterocycles. The van der Waals surface area contributed by atoms with E-state index in [1.807, 2.05) is 24.3 Å². The van der Waals surface area contributed by atoms with Crippen molar-refractivity contribution in [1.29, 1.82) is 5.41 Å². The minimum Gasteiger partial charge on any atom is -0.364 e. The highest BCUT2D eigenvalue weighted by Crippen LogP contribution is 2.18. The summed E-state index contributed by atoms with van der Waals surface area (Å²) < 4.78 is 4.77. The summed E-state index contributed by atoms with van der Waals surface area (Å²) in [7, 11) is 0. The van der Waals surface area contributed by atoms with Crippen molar-refractivity contribution in [3.63, 3.8) is 0 Å². The van der Waals surface area contributed by atoms with E-state index in [-0.39, 0.29) is 0 Å². The average molecular weight is 186 g/mol. The highest BCUT2D eigenvalue weighted by Gasteiger charge is 2.02. The fourth-order valence-electron chi connectivity index (χ4n) is 1.27. The van der Waals surface area contributed by atoms with Crippen molar-refractivity contribution in [2.24, 2.45) is 0 Å². The smallest absolute Gasteiger partial charge is 0.124 e. The molecule has 0 amide bonds. The predicted molar refractivity (Wildman–Crippen MR) is 54.4 cm³/mol. The molecule has 1 aromatic heterocycles. The van der Waals surface area contributed by atoms with Crippen molar-refractivity contribution < 1.29 is 4.52 Å². The molecule has 14 heavy (non-hydrogen) atoms. The molecule has 0 aliphatic heterocycles. The Morgan fingerprint density at radius 3 is 2.86 bits per heavy atom. The van der Waals surface area contributed by atoms with Gasteiger partial charge in [-0.25, -0.2) is 0 Å².